The van der Waals surface area contributed by atoms with Crippen LogP contribution in [0.4, 0.5) is 10.8 Å². The molecule has 2 atom stereocenters. The second-order valence-corrected chi connectivity index (χ2v) is 14.1. The summed E-state index contributed by atoms with van der Waals surface area (Å²) in [6.45, 7) is 3.68. The van der Waals surface area contributed by atoms with Gasteiger partial charge in [-0.05, 0) is 44.1 Å². The Labute approximate surface area is 266 Å². The summed E-state index contributed by atoms with van der Waals surface area (Å²) in [4.78, 5) is 35.4. The van der Waals surface area contributed by atoms with Crippen LogP contribution in [-0.2, 0) is 32.6 Å². The lowest BCUT2D eigenvalue weighted by atomic mass is 10.0. The highest BCUT2D eigenvalue weighted by molar-refractivity contribution is 7.89. The van der Waals surface area contributed by atoms with Gasteiger partial charge in [-0.3, -0.25) is 15.1 Å². The number of nitrogens with one attached hydrogen (secondary N) is 2. The van der Waals surface area contributed by atoms with Crippen molar-refractivity contribution >= 4 is 50.5 Å². The van der Waals surface area contributed by atoms with Crippen LogP contribution in [0.5, 0.6) is 0 Å². The molecule has 13 nitrogen and oxygen atoms in total. The van der Waals surface area contributed by atoms with Gasteiger partial charge in [0.25, 0.3) is 0 Å². The Kier molecular flexibility index (Phi) is 11.6. The van der Waals surface area contributed by atoms with E-state index in [1.54, 1.807) is 30.7 Å². The maximum atomic E-state index is 14.0. The molecule has 0 saturated heterocycles. The van der Waals surface area contributed by atoms with Crippen LogP contribution in [0.3, 0.4) is 0 Å². The molecule has 2 unspecified atom stereocenters. The van der Waals surface area contributed by atoms with Crippen LogP contribution in [0, 0.1) is 5.92 Å². The first kappa shape index (κ1) is 34.0. The number of nitrogens with zero attached hydrogens (tertiary/aromatic N) is 4. The van der Waals surface area contributed by atoms with Crippen LogP contribution >= 0.6 is 11.3 Å². The molecule has 2 aromatic carbocycles. The quantitative estimate of drug-likeness (QED) is 0.172. The molecule has 15 heteroatoms. The van der Waals surface area contributed by atoms with Gasteiger partial charge in [0.15, 0.2) is 5.58 Å². The summed E-state index contributed by atoms with van der Waals surface area (Å²) in [5.74, 6) is -0.410. The molecule has 0 saturated carbocycles. The highest BCUT2D eigenvalue weighted by atomic mass is 32.2. The highest BCUT2D eigenvalue weighted by Gasteiger charge is 2.32. The molecule has 2 heterocycles. The third-order valence-electron chi connectivity index (χ3n) is 6.56. The van der Waals surface area contributed by atoms with Crippen LogP contribution in [0.25, 0.3) is 11.1 Å². The number of aliphatic hydroxyl groups is 1. The minimum atomic E-state index is -4.15. The molecular weight excluding hydrogens is 620 g/mol. The fourth-order valence-corrected chi connectivity index (χ4v) is 6.67. The first-order valence-corrected chi connectivity index (χ1v) is 16.6. The molecule has 4 rings (SSSR count). The number of ether oxygens (including phenoxy) is 1. The van der Waals surface area contributed by atoms with E-state index in [1.807, 2.05) is 44.2 Å². The third-order valence-corrected chi connectivity index (χ3v) is 9.14. The smallest absolute Gasteiger partial charge is 0.407 e. The van der Waals surface area contributed by atoms with Gasteiger partial charge in [0.05, 0.1) is 34.0 Å². The fourth-order valence-electron chi connectivity index (χ4n) is 4.52. The standard InChI is InChI=1S/C30H38N6O7S2/c1-20(2)15-36(45(40,41)23-10-11-24-27(13-23)43-29(32-24)34-28(38)17-35(3)4)16-26(37)25(12-21-8-6-5-7-9-21)33-30(39)42-18-22-14-31-19-44-22/h5-11,13-14,19-20,25-26,37H,12,15-18H2,1-4H3,(H,33,39)(H,32,34,38). The maximum Gasteiger partial charge on any atom is 0.407 e. The number of benzene rings is 2. The number of amides is 2. The number of oxazole rings is 1. The Bertz CT molecular complexity index is 1660. The number of aromatic nitrogens is 2. The van der Waals surface area contributed by atoms with Crippen molar-refractivity contribution in [1.82, 2.24) is 24.5 Å². The van der Waals surface area contributed by atoms with Gasteiger partial charge in [0.2, 0.25) is 15.9 Å². The predicted molar refractivity (Wildman–Crippen MR) is 170 cm³/mol. The second-order valence-electron chi connectivity index (χ2n) is 11.2. The van der Waals surface area contributed by atoms with Gasteiger partial charge in [-0.15, -0.1) is 11.3 Å². The first-order valence-electron chi connectivity index (χ1n) is 14.3. The molecule has 0 radical (unpaired) electrons. The molecule has 2 aromatic heterocycles. The van der Waals surface area contributed by atoms with Gasteiger partial charge in [0, 0.05) is 25.4 Å². The molecule has 4 aromatic rings. The normalized spacial score (nSPS) is 13.3. The Morgan fingerprint density at radius 3 is 2.53 bits per heavy atom. The number of carbonyl (C=O) groups excluding carboxylic acids is 2. The van der Waals surface area contributed by atoms with Gasteiger partial charge >= 0.3 is 12.1 Å². The van der Waals surface area contributed by atoms with E-state index in [-0.39, 0.29) is 61.0 Å². The van der Waals surface area contributed by atoms with Gasteiger partial charge in [-0.2, -0.15) is 9.29 Å². The summed E-state index contributed by atoms with van der Waals surface area (Å²) in [5.41, 5.74) is 3.01. The second kappa shape index (κ2) is 15.4. The number of carbonyl (C=O) groups is 2. The average Bonchev–Trinajstić information content (AvgIpc) is 3.64. The molecule has 3 N–H and O–H groups in total. The number of hydrogen-bond acceptors (Lipinski definition) is 11. The van der Waals surface area contributed by atoms with E-state index in [0.717, 1.165) is 10.4 Å². The molecule has 0 fully saturated rings. The summed E-state index contributed by atoms with van der Waals surface area (Å²) in [6, 6.07) is 12.6. The van der Waals surface area contributed by atoms with Crippen molar-refractivity contribution in [1.29, 1.82) is 0 Å². The maximum absolute atomic E-state index is 14.0. The summed E-state index contributed by atoms with van der Waals surface area (Å²) in [5, 5.41) is 16.7. The summed E-state index contributed by atoms with van der Waals surface area (Å²) < 4.78 is 40.1. The third kappa shape index (κ3) is 9.80. The van der Waals surface area contributed by atoms with Crippen molar-refractivity contribution < 1.29 is 32.3 Å². The number of thiazole rings is 1. The minimum Gasteiger partial charge on any atom is -0.444 e. The number of fused-ring (bicyclic) bond motifs is 1. The number of alkyl carbamates (subject to hydrolysis) is 1. The zero-order valence-electron chi connectivity index (χ0n) is 25.5. The van der Waals surface area contributed by atoms with E-state index in [4.69, 9.17) is 9.15 Å². The SMILES string of the molecule is CC(C)CN(CC(O)C(Cc1ccccc1)NC(=O)OCc1cncs1)S(=O)(=O)c1ccc2nc(NC(=O)CN(C)C)oc2c1. The zero-order valence-corrected chi connectivity index (χ0v) is 27.2. The van der Waals surface area contributed by atoms with Crippen molar-refractivity contribution in [3.8, 4) is 0 Å². The van der Waals surface area contributed by atoms with E-state index in [0.29, 0.717) is 5.52 Å². The van der Waals surface area contributed by atoms with Crippen LogP contribution < -0.4 is 10.6 Å². The van der Waals surface area contributed by atoms with Crippen LogP contribution in [0.15, 0.2) is 69.6 Å². The molecule has 0 aliphatic carbocycles. The van der Waals surface area contributed by atoms with Gasteiger partial charge in [-0.1, -0.05) is 44.2 Å². The number of anilines is 1. The number of hydrogen-bond donors (Lipinski definition) is 3. The van der Waals surface area contributed by atoms with E-state index in [9.17, 15) is 23.1 Å². The number of likely N-dealkylation sites (N-methyl/N-ethyl adjacent to an activating group) is 1. The van der Waals surface area contributed by atoms with Crippen molar-refractivity contribution in [3.05, 3.63) is 70.7 Å². The molecule has 0 bridgehead atoms. The lowest BCUT2D eigenvalue weighted by Crippen LogP contribution is -2.51. The lowest BCUT2D eigenvalue weighted by Gasteiger charge is -2.30. The topological polar surface area (TPSA) is 167 Å². The lowest BCUT2D eigenvalue weighted by molar-refractivity contribution is -0.116. The van der Waals surface area contributed by atoms with Gasteiger partial charge < -0.3 is 24.5 Å². The fraction of sp³-hybridized carbons (Fsp3) is 0.400. The number of sulfonamides is 1. The van der Waals surface area contributed by atoms with Crippen molar-refractivity contribution in [2.45, 2.75) is 43.9 Å². The molecule has 45 heavy (non-hydrogen) atoms. The Hall–Kier alpha value is -3.89. The monoisotopic (exact) mass is 658 g/mol. The van der Waals surface area contributed by atoms with Crippen molar-refractivity contribution in [2.75, 3.05) is 39.0 Å². The van der Waals surface area contributed by atoms with E-state index < -0.39 is 28.3 Å². The summed E-state index contributed by atoms with van der Waals surface area (Å²) >= 11 is 1.34. The average molecular weight is 659 g/mol. The van der Waals surface area contributed by atoms with E-state index >= 15 is 0 Å². The van der Waals surface area contributed by atoms with Crippen LogP contribution in [0.2, 0.25) is 0 Å². The number of rotatable bonds is 15. The molecule has 0 aliphatic rings. The Morgan fingerprint density at radius 1 is 1.11 bits per heavy atom. The summed E-state index contributed by atoms with van der Waals surface area (Å²) in [6.07, 6.45) is -0.200. The summed E-state index contributed by atoms with van der Waals surface area (Å²) in [7, 11) is -0.648. The zero-order chi connectivity index (χ0) is 32.6. The molecule has 242 valence electrons. The Balaban J connectivity index is 1.54. The van der Waals surface area contributed by atoms with Gasteiger partial charge in [-0.25, -0.2) is 13.2 Å². The molecule has 0 spiro atoms. The van der Waals surface area contributed by atoms with Crippen LogP contribution in [0.1, 0.15) is 24.3 Å². The van der Waals surface area contributed by atoms with Crippen molar-refractivity contribution in [2.24, 2.45) is 5.92 Å². The first-order chi connectivity index (χ1) is 21.4. The molecule has 0 aliphatic heterocycles. The predicted octanol–water partition coefficient (Wildman–Crippen LogP) is 3.33. The highest BCUT2D eigenvalue weighted by Crippen LogP contribution is 2.26. The van der Waals surface area contributed by atoms with E-state index in [1.165, 1.54) is 33.8 Å². The van der Waals surface area contributed by atoms with Crippen molar-refractivity contribution in [3.63, 3.8) is 0 Å². The Morgan fingerprint density at radius 2 is 1.87 bits per heavy atom. The minimum absolute atomic E-state index is 0.0175. The molecule has 2 amide bonds. The van der Waals surface area contributed by atoms with E-state index in [2.05, 4.69) is 20.6 Å². The largest absolute Gasteiger partial charge is 0.444 e. The molecular formula is C30H38N6O7S2. The van der Waals surface area contributed by atoms with Crippen LogP contribution in [-0.4, -0.2) is 90.6 Å². The van der Waals surface area contributed by atoms with Gasteiger partial charge in [0.1, 0.15) is 12.1 Å². The number of aliphatic hydroxyl groups excluding tert-OH is 1.